The van der Waals surface area contributed by atoms with Crippen LogP contribution in [0.15, 0.2) is 24.3 Å². The molecule has 0 aliphatic carbocycles. The van der Waals surface area contributed by atoms with E-state index in [1.165, 1.54) is 0 Å². The molecule has 1 rings (SSSR count). The summed E-state index contributed by atoms with van der Waals surface area (Å²) in [6, 6.07) is 7.52. The highest BCUT2D eigenvalue weighted by molar-refractivity contribution is 5.41. The van der Waals surface area contributed by atoms with Gasteiger partial charge in [-0.25, -0.2) is 0 Å². The third-order valence-corrected chi connectivity index (χ3v) is 2.97. The molecule has 0 saturated carbocycles. The van der Waals surface area contributed by atoms with E-state index in [4.69, 9.17) is 5.73 Å². The maximum absolute atomic E-state index is 10.3. The average molecular weight is 264 g/mol. The van der Waals surface area contributed by atoms with E-state index in [2.05, 4.69) is 32.6 Å². The van der Waals surface area contributed by atoms with Gasteiger partial charge in [0.25, 0.3) is 0 Å². The van der Waals surface area contributed by atoms with Crippen LogP contribution in [0.4, 0.5) is 5.69 Å². The molecule has 19 heavy (non-hydrogen) atoms. The minimum absolute atomic E-state index is 0.471. The molecule has 1 aromatic rings. The van der Waals surface area contributed by atoms with Crippen molar-refractivity contribution in [1.29, 1.82) is 0 Å². The zero-order chi connectivity index (χ0) is 14.4. The number of hydrogen-bond acceptors (Lipinski definition) is 3. The Balaban J connectivity index is 2.66. The number of nitrogen functional groups attached to an aromatic ring is 1. The third kappa shape index (κ3) is 6.08. The van der Waals surface area contributed by atoms with Gasteiger partial charge in [0.15, 0.2) is 0 Å². The van der Waals surface area contributed by atoms with Gasteiger partial charge in [0.2, 0.25) is 0 Å². The normalized spacial score (nSPS) is 13.5. The Kier molecular flexibility index (Phi) is 6.32. The lowest BCUT2D eigenvalue weighted by atomic mass is 10.1. The number of aliphatic hydroxyl groups is 1. The van der Waals surface area contributed by atoms with E-state index in [-0.39, 0.29) is 0 Å². The molecule has 0 radical (unpaired) electrons. The van der Waals surface area contributed by atoms with Gasteiger partial charge in [0.05, 0.1) is 6.10 Å². The average Bonchev–Trinajstić information content (AvgIpc) is 2.26. The van der Waals surface area contributed by atoms with Crippen LogP contribution in [0.25, 0.3) is 0 Å². The maximum atomic E-state index is 10.3. The highest BCUT2D eigenvalue weighted by Crippen LogP contribution is 2.18. The molecular formula is C16H28N2O. The summed E-state index contributed by atoms with van der Waals surface area (Å²) in [7, 11) is 0. The number of anilines is 1. The Bertz CT molecular complexity index is 367. The van der Waals surface area contributed by atoms with E-state index < -0.39 is 6.10 Å². The Morgan fingerprint density at radius 3 is 2.11 bits per heavy atom. The minimum Gasteiger partial charge on any atom is -0.399 e. The lowest BCUT2D eigenvalue weighted by molar-refractivity contribution is 0.0987. The van der Waals surface area contributed by atoms with Gasteiger partial charge in [-0.1, -0.05) is 39.8 Å². The summed E-state index contributed by atoms with van der Waals surface area (Å²) < 4.78 is 0. The second kappa shape index (κ2) is 7.51. The van der Waals surface area contributed by atoms with Crippen molar-refractivity contribution in [2.45, 2.75) is 33.8 Å². The number of nitrogens with two attached hydrogens (primary N) is 1. The van der Waals surface area contributed by atoms with Gasteiger partial charge in [0, 0.05) is 25.3 Å². The molecule has 1 atom stereocenters. The quantitative estimate of drug-likeness (QED) is 0.744. The van der Waals surface area contributed by atoms with Crippen LogP contribution in [0.1, 0.15) is 39.4 Å². The standard InChI is InChI=1S/C16H28N2O/c1-12(2)9-18(10-13(3)4)11-16(19)14-6-5-7-15(17)8-14/h5-8,12-13,16,19H,9-11,17H2,1-4H3. The van der Waals surface area contributed by atoms with E-state index in [1.54, 1.807) is 0 Å². The highest BCUT2D eigenvalue weighted by Gasteiger charge is 2.15. The van der Waals surface area contributed by atoms with Gasteiger partial charge in [-0.3, -0.25) is 4.90 Å². The number of aliphatic hydroxyl groups excluding tert-OH is 1. The maximum Gasteiger partial charge on any atom is 0.0917 e. The van der Waals surface area contributed by atoms with Gasteiger partial charge in [0.1, 0.15) is 0 Å². The molecule has 0 saturated heterocycles. The van der Waals surface area contributed by atoms with Crippen molar-refractivity contribution in [1.82, 2.24) is 4.90 Å². The number of hydrogen-bond donors (Lipinski definition) is 2. The van der Waals surface area contributed by atoms with Crippen LogP contribution in [0.3, 0.4) is 0 Å². The molecule has 0 spiro atoms. The van der Waals surface area contributed by atoms with Crippen LogP contribution in [0.5, 0.6) is 0 Å². The SMILES string of the molecule is CC(C)CN(CC(C)C)CC(O)c1cccc(N)c1. The van der Waals surface area contributed by atoms with Crippen molar-refractivity contribution in [3.05, 3.63) is 29.8 Å². The lowest BCUT2D eigenvalue weighted by Crippen LogP contribution is -2.35. The Morgan fingerprint density at radius 1 is 1.05 bits per heavy atom. The smallest absolute Gasteiger partial charge is 0.0917 e. The van der Waals surface area contributed by atoms with Crippen LogP contribution in [-0.2, 0) is 0 Å². The van der Waals surface area contributed by atoms with E-state index in [9.17, 15) is 5.11 Å². The molecule has 0 amide bonds. The summed E-state index contributed by atoms with van der Waals surface area (Å²) in [6.07, 6.45) is -0.471. The zero-order valence-electron chi connectivity index (χ0n) is 12.6. The summed E-state index contributed by atoms with van der Waals surface area (Å²) in [5, 5.41) is 10.3. The first-order valence-electron chi connectivity index (χ1n) is 7.14. The molecule has 1 aromatic carbocycles. The molecule has 3 heteroatoms. The van der Waals surface area contributed by atoms with Crippen LogP contribution in [0, 0.1) is 11.8 Å². The van der Waals surface area contributed by atoms with Crippen molar-refractivity contribution >= 4 is 5.69 Å². The van der Waals surface area contributed by atoms with E-state index in [0.29, 0.717) is 24.1 Å². The van der Waals surface area contributed by atoms with Crippen molar-refractivity contribution in [2.24, 2.45) is 11.8 Å². The summed E-state index contributed by atoms with van der Waals surface area (Å²) in [4.78, 5) is 2.34. The molecule has 1 unspecified atom stereocenters. The molecule has 0 aliphatic rings. The second-order valence-corrected chi connectivity index (χ2v) is 6.19. The Labute approximate surface area is 117 Å². The molecule has 0 aromatic heterocycles. The number of nitrogens with zero attached hydrogens (tertiary/aromatic N) is 1. The van der Waals surface area contributed by atoms with E-state index in [0.717, 1.165) is 18.7 Å². The zero-order valence-corrected chi connectivity index (χ0v) is 12.6. The number of rotatable bonds is 7. The highest BCUT2D eigenvalue weighted by atomic mass is 16.3. The fraction of sp³-hybridized carbons (Fsp3) is 0.625. The molecular weight excluding hydrogens is 236 g/mol. The first-order valence-corrected chi connectivity index (χ1v) is 7.14. The molecule has 0 fully saturated rings. The summed E-state index contributed by atoms with van der Waals surface area (Å²) in [5.41, 5.74) is 7.37. The van der Waals surface area contributed by atoms with Crippen molar-refractivity contribution in [2.75, 3.05) is 25.4 Å². The lowest BCUT2D eigenvalue weighted by Gasteiger charge is -2.28. The van der Waals surface area contributed by atoms with Gasteiger partial charge in [-0.2, -0.15) is 0 Å². The second-order valence-electron chi connectivity index (χ2n) is 6.19. The van der Waals surface area contributed by atoms with Crippen LogP contribution in [0.2, 0.25) is 0 Å². The van der Waals surface area contributed by atoms with Gasteiger partial charge < -0.3 is 10.8 Å². The topological polar surface area (TPSA) is 49.5 Å². The largest absolute Gasteiger partial charge is 0.399 e. The first-order chi connectivity index (χ1) is 8.88. The number of benzene rings is 1. The molecule has 3 nitrogen and oxygen atoms in total. The minimum atomic E-state index is -0.471. The fourth-order valence-corrected chi connectivity index (χ4v) is 2.37. The predicted octanol–water partition coefficient (Wildman–Crippen LogP) is 2.92. The van der Waals surface area contributed by atoms with Crippen LogP contribution in [-0.4, -0.2) is 29.6 Å². The van der Waals surface area contributed by atoms with Crippen LogP contribution < -0.4 is 5.73 Å². The summed E-state index contributed by atoms with van der Waals surface area (Å²) in [5.74, 6) is 1.21. The fourth-order valence-electron chi connectivity index (χ4n) is 2.37. The predicted molar refractivity (Wildman–Crippen MR) is 81.9 cm³/mol. The van der Waals surface area contributed by atoms with Gasteiger partial charge in [-0.05, 0) is 29.5 Å². The molecule has 0 heterocycles. The Morgan fingerprint density at radius 2 is 1.63 bits per heavy atom. The van der Waals surface area contributed by atoms with E-state index in [1.807, 2.05) is 24.3 Å². The van der Waals surface area contributed by atoms with Crippen molar-refractivity contribution in [3.63, 3.8) is 0 Å². The first kappa shape index (κ1) is 16.0. The molecule has 0 aliphatic heterocycles. The van der Waals surface area contributed by atoms with E-state index >= 15 is 0 Å². The third-order valence-electron chi connectivity index (χ3n) is 2.97. The van der Waals surface area contributed by atoms with Gasteiger partial charge >= 0.3 is 0 Å². The van der Waals surface area contributed by atoms with Crippen LogP contribution >= 0.6 is 0 Å². The van der Waals surface area contributed by atoms with Crippen molar-refractivity contribution in [3.8, 4) is 0 Å². The van der Waals surface area contributed by atoms with Crippen molar-refractivity contribution < 1.29 is 5.11 Å². The van der Waals surface area contributed by atoms with Gasteiger partial charge in [-0.15, -0.1) is 0 Å². The Hall–Kier alpha value is -1.06. The molecule has 0 bridgehead atoms. The molecule has 108 valence electrons. The molecule has 3 N–H and O–H groups in total. The summed E-state index contributed by atoms with van der Waals surface area (Å²) in [6.45, 7) is 11.5. The monoisotopic (exact) mass is 264 g/mol. The summed E-state index contributed by atoms with van der Waals surface area (Å²) >= 11 is 0.